The smallest absolute Gasteiger partial charge is 0.268 e. The zero-order valence-corrected chi connectivity index (χ0v) is 18.4. The lowest BCUT2D eigenvalue weighted by Gasteiger charge is -2.17. The van der Waals surface area contributed by atoms with E-state index in [4.69, 9.17) is 9.47 Å². The summed E-state index contributed by atoms with van der Waals surface area (Å²) in [6.07, 6.45) is 0. The fourth-order valence-corrected chi connectivity index (χ4v) is 3.62. The Bertz CT molecular complexity index is 1140. The van der Waals surface area contributed by atoms with Crippen molar-refractivity contribution < 1.29 is 19.1 Å². The first-order valence-corrected chi connectivity index (χ1v) is 10.7. The SMILES string of the molecule is CCOc1ccc(C(=O)NCC(=O)N(C)Cc2nc3ccsc3c(=O)[nH]2)cc1OCC. The minimum Gasteiger partial charge on any atom is -0.490 e. The lowest BCUT2D eigenvalue weighted by atomic mass is 10.2. The van der Waals surface area contributed by atoms with Gasteiger partial charge in [0.1, 0.15) is 10.5 Å². The van der Waals surface area contributed by atoms with Crippen molar-refractivity contribution in [3.63, 3.8) is 0 Å². The normalized spacial score (nSPS) is 10.7. The topological polar surface area (TPSA) is 114 Å². The number of carbonyl (C=O) groups is 2. The summed E-state index contributed by atoms with van der Waals surface area (Å²) >= 11 is 1.31. The van der Waals surface area contributed by atoms with Crippen LogP contribution in [-0.4, -0.2) is 53.5 Å². The highest BCUT2D eigenvalue weighted by Crippen LogP contribution is 2.28. The van der Waals surface area contributed by atoms with Gasteiger partial charge in [-0.25, -0.2) is 4.98 Å². The van der Waals surface area contributed by atoms with Gasteiger partial charge >= 0.3 is 0 Å². The molecular formula is C21H24N4O5S. The van der Waals surface area contributed by atoms with Crippen LogP contribution >= 0.6 is 11.3 Å². The molecule has 2 aromatic heterocycles. The maximum atomic E-state index is 12.5. The van der Waals surface area contributed by atoms with Crippen LogP contribution in [0.15, 0.2) is 34.4 Å². The predicted octanol–water partition coefficient (Wildman–Crippen LogP) is 2.17. The quantitative estimate of drug-likeness (QED) is 0.523. The third-order valence-corrected chi connectivity index (χ3v) is 5.28. The number of nitrogens with zero attached hydrogens (tertiary/aromatic N) is 2. The fraction of sp³-hybridized carbons (Fsp3) is 0.333. The van der Waals surface area contributed by atoms with Crippen molar-refractivity contribution >= 4 is 33.4 Å². The van der Waals surface area contributed by atoms with Crippen molar-refractivity contribution in [1.82, 2.24) is 20.2 Å². The van der Waals surface area contributed by atoms with Gasteiger partial charge in [0.15, 0.2) is 11.5 Å². The molecule has 31 heavy (non-hydrogen) atoms. The molecule has 0 unspecified atom stereocenters. The predicted molar refractivity (Wildman–Crippen MR) is 118 cm³/mol. The third kappa shape index (κ3) is 5.40. The van der Waals surface area contributed by atoms with Gasteiger partial charge in [-0.2, -0.15) is 0 Å². The molecule has 2 amide bonds. The number of benzene rings is 1. The molecule has 0 saturated heterocycles. The maximum Gasteiger partial charge on any atom is 0.268 e. The molecule has 0 radical (unpaired) electrons. The average molecular weight is 445 g/mol. The van der Waals surface area contributed by atoms with Crippen molar-refractivity contribution in [3.05, 3.63) is 51.4 Å². The van der Waals surface area contributed by atoms with Crippen molar-refractivity contribution in [3.8, 4) is 11.5 Å². The Morgan fingerprint density at radius 3 is 2.65 bits per heavy atom. The molecule has 0 bridgehead atoms. The summed E-state index contributed by atoms with van der Waals surface area (Å²) in [5, 5.41) is 4.40. The van der Waals surface area contributed by atoms with E-state index in [-0.39, 0.29) is 24.6 Å². The zero-order chi connectivity index (χ0) is 22.4. The molecule has 0 aliphatic heterocycles. The van der Waals surface area contributed by atoms with Crippen LogP contribution < -0.4 is 20.3 Å². The number of ether oxygens (including phenoxy) is 2. The van der Waals surface area contributed by atoms with E-state index in [1.807, 2.05) is 13.8 Å². The Hall–Kier alpha value is -3.40. The fourth-order valence-electron chi connectivity index (χ4n) is 2.89. The van der Waals surface area contributed by atoms with Crippen molar-refractivity contribution in [2.45, 2.75) is 20.4 Å². The minimum atomic E-state index is -0.406. The van der Waals surface area contributed by atoms with E-state index in [1.165, 1.54) is 16.2 Å². The van der Waals surface area contributed by atoms with Crippen molar-refractivity contribution in [2.24, 2.45) is 0 Å². The average Bonchev–Trinajstić information content (AvgIpc) is 3.22. The lowest BCUT2D eigenvalue weighted by molar-refractivity contribution is -0.129. The first kappa shape index (κ1) is 22.3. The number of H-pyrrole nitrogens is 1. The highest BCUT2D eigenvalue weighted by Gasteiger charge is 2.16. The number of aromatic nitrogens is 2. The van der Waals surface area contributed by atoms with Crippen molar-refractivity contribution in [1.29, 1.82) is 0 Å². The molecule has 0 atom stereocenters. The van der Waals surface area contributed by atoms with Crippen LogP contribution in [0.5, 0.6) is 11.5 Å². The van der Waals surface area contributed by atoms with E-state index < -0.39 is 5.91 Å². The van der Waals surface area contributed by atoms with Crippen LogP contribution in [0.4, 0.5) is 0 Å². The molecule has 3 rings (SSSR count). The lowest BCUT2D eigenvalue weighted by Crippen LogP contribution is -2.38. The Balaban J connectivity index is 1.60. The van der Waals surface area contributed by atoms with Gasteiger partial charge in [0.25, 0.3) is 11.5 Å². The number of carbonyl (C=O) groups excluding carboxylic acids is 2. The number of rotatable bonds is 9. The second-order valence-electron chi connectivity index (χ2n) is 6.61. The van der Waals surface area contributed by atoms with Crippen LogP contribution in [0.25, 0.3) is 10.2 Å². The summed E-state index contributed by atoms with van der Waals surface area (Å²) < 4.78 is 11.6. The van der Waals surface area contributed by atoms with Gasteiger partial charge in [0, 0.05) is 12.6 Å². The van der Waals surface area contributed by atoms with Gasteiger partial charge < -0.3 is 24.7 Å². The molecule has 164 valence electrons. The molecule has 0 aliphatic carbocycles. The third-order valence-electron chi connectivity index (χ3n) is 4.38. The van der Waals surface area contributed by atoms with Crippen LogP contribution in [0, 0.1) is 0 Å². The molecule has 2 heterocycles. The molecule has 9 nitrogen and oxygen atoms in total. The van der Waals surface area contributed by atoms with E-state index in [1.54, 1.807) is 36.7 Å². The van der Waals surface area contributed by atoms with Gasteiger partial charge in [-0.05, 0) is 43.5 Å². The minimum absolute atomic E-state index is 0.118. The van der Waals surface area contributed by atoms with Gasteiger partial charge in [-0.3, -0.25) is 14.4 Å². The molecule has 3 aromatic rings. The zero-order valence-electron chi connectivity index (χ0n) is 17.6. The van der Waals surface area contributed by atoms with Crippen LogP contribution in [0.2, 0.25) is 0 Å². The first-order chi connectivity index (χ1) is 14.9. The summed E-state index contributed by atoms with van der Waals surface area (Å²) in [4.78, 5) is 45.4. The molecule has 1 aromatic carbocycles. The molecule has 0 spiro atoms. The number of aromatic amines is 1. The summed E-state index contributed by atoms with van der Waals surface area (Å²) in [7, 11) is 1.58. The highest BCUT2D eigenvalue weighted by molar-refractivity contribution is 7.17. The number of fused-ring (bicyclic) bond motifs is 1. The van der Waals surface area contributed by atoms with Gasteiger partial charge in [0.2, 0.25) is 5.91 Å². The van der Waals surface area contributed by atoms with Gasteiger partial charge in [0.05, 0.1) is 31.8 Å². The number of thiophene rings is 1. The Labute approximate surface area is 183 Å². The highest BCUT2D eigenvalue weighted by atomic mass is 32.1. The number of amides is 2. The summed E-state index contributed by atoms with van der Waals surface area (Å²) in [6.45, 7) is 4.54. The van der Waals surface area contributed by atoms with Gasteiger partial charge in [-0.1, -0.05) is 0 Å². The Morgan fingerprint density at radius 2 is 1.90 bits per heavy atom. The maximum absolute atomic E-state index is 12.5. The molecule has 0 aliphatic rings. The molecule has 0 fully saturated rings. The molecule has 0 saturated carbocycles. The van der Waals surface area contributed by atoms with Gasteiger partial charge in [-0.15, -0.1) is 11.3 Å². The molecular weight excluding hydrogens is 420 g/mol. The second-order valence-corrected chi connectivity index (χ2v) is 7.52. The van der Waals surface area contributed by atoms with Crippen LogP contribution in [-0.2, 0) is 11.3 Å². The van der Waals surface area contributed by atoms with Crippen molar-refractivity contribution in [2.75, 3.05) is 26.8 Å². The summed E-state index contributed by atoms with van der Waals surface area (Å²) in [6, 6.07) is 6.62. The summed E-state index contributed by atoms with van der Waals surface area (Å²) in [5.74, 6) is 0.681. The molecule has 10 heteroatoms. The number of nitrogens with one attached hydrogen (secondary N) is 2. The van der Waals surface area contributed by atoms with E-state index >= 15 is 0 Å². The first-order valence-electron chi connectivity index (χ1n) is 9.81. The second kappa shape index (κ2) is 10.1. The van der Waals surface area contributed by atoms with E-state index in [9.17, 15) is 14.4 Å². The van der Waals surface area contributed by atoms with Crippen LogP contribution in [0.3, 0.4) is 0 Å². The molecule has 2 N–H and O–H groups in total. The standard InChI is InChI=1S/C21H24N4O5S/c1-4-29-15-7-6-13(10-16(15)30-5-2)20(27)22-11-18(26)25(3)12-17-23-14-8-9-31-19(14)21(28)24-17/h6-10H,4-5,11-12H2,1-3H3,(H,22,27)(H,23,24,28). The Morgan fingerprint density at radius 1 is 1.16 bits per heavy atom. The monoisotopic (exact) mass is 444 g/mol. The largest absolute Gasteiger partial charge is 0.490 e. The van der Waals surface area contributed by atoms with Crippen LogP contribution in [0.1, 0.15) is 30.0 Å². The number of hydrogen-bond acceptors (Lipinski definition) is 7. The van der Waals surface area contributed by atoms with E-state index in [0.29, 0.717) is 46.3 Å². The van der Waals surface area contributed by atoms with E-state index in [2.05, 4.69) is 15.3 Å². The van der Waals surface area contributed by atoms with E-state index in [0.717, 1.165) is 0 Å². The number of hydrogen-bond donors (Lipinski definition) is 2. The summed E-state index contributed by atoms with van der Waals surface area (Å²) in [5.41, 5.74) is 0.722. The number of likely N-dealkylation sites (N-methyl/N-ethyl adjacent to an activating group) is 1. The Kier molecular flexibility index (Phi) is 7.24.